The first-order valence-electron chi connectivity index (χ1n) is 10.6. The van der Waals surface area contributed by atoms with Crippen LogP contribution in [-0.4, -0.2) is 56.6 Å². The van der Waals surface area contributed by atoms with E-state index in [0.29, 0.717) is 12.5 Å². The van der Waals surface area contributed by atoms with Crippen molar-refractivity contribution in [3.05, 3.63) is 35.6 Å². The molecule has 1 heterocycles. The van der Waals surface area contributed by atoms with Crippen molar-refractivity contribution in [3.63, 3.8) is 0 Å². The van der Waals surface area contributed by atoms with Crippen molar-refractivity contribution in [2.45, 2.75) is 51.7 Å². The lowest BCUT2D eigenvalue weighted by atomic mass is 9.98. The minimum Gasteiger partial charge on any atom is -0.375 e. The summed E-state index contributed by atoms with van der Waals surface area (Å²) < 4.78 is 18.7. The van der Waals surface area contributed by atoms with Crippen molar-refractivity contribution in [2.24, 2.45) is 10.9 Å². The van der Waals surface area contributed by atoms with Crippen molar-refractivity contribution in [3.8, 4) is 0 Å². The minimum atomic E-state index is -0.261. The molecule has 2 N–H and O–H groups in total. The highest BCUT2D eigenvalue weighted by atomic mass is 19.1. The topological polar surface area (TPSA) is 66.0 Å². The lowest BCUT2D eigenvalue weighted by Crippen LogP contribution is -2.51. The summed E-state index contributed by atoms with van der Waals surface area (Å²) in [6.07, 6.45) is 3.40. The second kappa shape index (κ2) is 11.8. The number of guanidine groups is 1. The Labute approximate surface area is 173 Å². The molecule has 29 heavy (non-hydrogen) atoms. The van der Waals surface area contributed by atoms with E-state index in [1.54, 1.807) is 26.3 Å². The molecule has 0 radical (unpaired) electrons. The fraction of sp³-hybridized carbons (Fsp3) is 0.636. The number of likely N-dealkylation sites (tertiary alicyclic amines) is 1. The predicted octanol–water partition coefficient (Wildman–Crippen LogP) is 3.11. The van der Waals surface area contributed by atoms with Gasteiger partial charge in [0.25, 0.3) is 0 Å². The van der Waals surface area contributed by atoms with Crippen LogP contribution in [0, 0.1) is 11.7 Å². The van der Waals surface area contributed by atoms with Crippen LogP contribution in [0.2, 0.25) is 0 Å². The van der Waals surface area contributed by atoms with Gasteiger partial charge in [-0.05, 0) is 43.4 Å². The maximum atomic E-state index is 13.1. The highest BCUT2D eigenvalue weighted by Gasteiger charge is 2.27. The van der Waals surface area contributed by atoms with Crippen LogP contribution < -0.4 is 10.6 Å². The van der Waals surface area contributed by atoms with Crippen molar-refractivity contribution < 1.29 is 13.9 Å². The van der Waals surface area contributed by atoms with E-state index < -0.39 is 0 Å². The van der Waals surface area contributed by atoms with E-state index in [4.69, 9.17) is 4.74 Å². The first-order valence-corrected chi connectivity index (χ1v) is 10.6. The van der Waals surface area contributed by atoms with Crippen LogP contribution >= 0.6 is 0 Å². The first kappa shape index (κ1) is 23.1. The second-order valence-corrected chi connectivity index (χ2v) is 7.49. The third kappa shape index (κ3) is 6.70. The number of ether oxygens (including phenoxy) is 1. The molecule has 6 nitrogen and oxygen atoms in total. The molecular formula is C22H35FN4O2. The summed E-state index contributed by atoms with van der Waals surface area (Å²) >= 11 is 0. The number of carbonyl (C=O) groups excluding carboxylic acids is 1. The summed E-state index contributed by atoms with van der Waals surface area (Å²) in [6, 6.07) is 6.61. The Bertz CT molecular complexity index is 653. The van der Waals surface area contributed by atoms with E-state index in [-0.39, 0.29) is 29.8 Å². The fourth-order valence-corrected chi connectivity index (χ4v) is 3.73. The standard InChI is InChI=1S/C22H35FN4O2/c1-5-16(6-2)21(28)27-13-11-19(12-14-27)26-22(24-3)25-15-20(29-4)17-7-9-18(23)10-8-17/h7-10,16,19-20H,5-6,11-15H2,1-4H3,(H2,24,25,26). The highest BCUT2D eigenvalue weighted by Crippen LogP contribution is 2.18. The number of nitrogens with one attached hydrogen (secondary N) is 2. The Morgan fingerprint density at radius 3 is 2.38 bits per heavy atom. The number of benzene rings is 1. The number of carbonyl (C=O) groups is 1. The molecule has 1 aliphatic heterocycles. The minimum absolute atomic E-state index is 0.145. The molecule has 0 saturated carbocycles. The maximum Gasteiger partial charge on any atom is 0.225 e. The van der Waals surface area contributed by atoms with Crippen molar-refractivity contribution >= 4 is 11.9 Å². The number of amides is 1. The van der Waals surface area contributed by atoms with Gasteiger partial charge in [0.15, 0.2) is 5.96 Å². The Morgan fingerprint density at radius 1 is 1.24 bits per heavy atom. The molecule has 1 aliphatic rings. The average molecular weight is 407 g/mol. The average Bonchev–Trinajstić information content (AvgIpc) is 2.75. The van der Waals surface area contributed by atoms with E-state index >= 15 is 0 Å². The van der Waals surface area contributed by atoms with Gasteiger partial charge in [-0.2, -0.15) is 0 Å². The summed E-state index contributed by atoms with van der Waals surface area (Å²) in [5, 5.41) is 6.74. The SMILES string of the molecule is CCC(CC)C(=O)N1CCC(NC(=NC)NCC(OC)c2ccc(F)cc2)CC1. The van der Waals surface area contributed by atoms with E-state index in [1.807, 2.05) is 4.90 Å². The van der Waals surface area contributed by atoms with Crippen LogP contribution in [0.25, 0.3) is 0 Å². The highest BCUT2D eigenvalue weighted by molar-refractivity contribution is 5.80. The van der Waals surface area contributed by atoms with E-state index in [9.17, 15) is 9.18 Å². The summed E-state index contributed by atoms with van der Waals surface area (Å²) in [5.74, 6) is 0.881. The third-order valence-electron chi connectivity index (χ3n) is 5.69. The van der Waals surface area contributed by atoms with Gasteiger partial charge in [-0.15, -0.1) is 0 Å². The number of hydrogen-bond donors (Lipinski definition) is 2. The largest absolute Gasteiger partial charge is 0.375 e. The molecule has 1 aromatic carbocycles. The molecular weight excluding hydrogens is 371 g/mol. The van der Waals surface area contributed by atoms with Gasteiger partial charge < -0.3 is 20.3 Å². The quantitative estimate of drug-likeness (QED) is 0.514. The van der Waals surface area contributed by atoms with E-state index in [0.717, 1.165) is 44.3 Å². The van der Waals surface area contributed by atoms with E-state index in [1.165, 1.54) is 12.1 Å². The third-order valence-corrected chi connectivity index (χ3v) is 5.69. The Hall–Kier alpha value is -2.15. The van der Waals surface area contributed by atoms with Crippen LogP contribution in [0.3, 0.4) is 0 Å². The van der Waals surface area contributed by atoms with Gasteiger partial charge in [0.2, 0.25) is 5.91 Å². The molecule has 2 rings (SSSR count). The van der Waals surface area contributed by atoms with Crippen LogP contribution in [0.4, 0.5) is 4.39 Å². The van der Waals surface area contributed by atoms with Crippen LogP contribution in [0.5, 0.6) is 0 Å². The van der Waals surface area contributed by atoms with Gasteiger partial charge in [-0.1, -0.05) is 26.0 Å². The molecule has 0 aliphatic carbocycles. The Kier molecular flexibility index (Phi) is 9.38. The molecule has 7 heteroatoms. The van der Waals surface area contributed by atoms with Crippen LogP contribution in [0.1, 0.15) is 51.2 Å². The van der Waals surface area contributed by atoms with Crippen molar-refractivity contribution in [1.29, 1.82) is 0 Å². The number of rotatable bonds is 8. The van der Waals surface area contributed by atoms with Gasteiger partial charge in [0, 0.05) is 45.8 Å². The summed E-state index contributed by atoms with van der Waals surface area (Å²) in [7, 11) is 3.37. The molecule has 1 saturated heterocycles. The molecule has 0 bridgehead atoms. The first-order chi connectivity index (χ1) is 14.0. The monoisotopic (exact) mass is 406 g/mol. The zero-order valence-electron chi connectivity index (χ0n) is 18.1. The molecule has 1 aromatic rings. The Balaban J connectivity index is 1.81. The van der Waals surface area contributed by atoms with Crippen molar-refractivity contribution in [1.82, 2.24) is 15.5 Å². The number of piperidine rings is 1. The summed E-state index contributed by atoms with van der Waals surface area (Å²) in [5.41, 5.74) is 0.907. The van der Waals surface area contributed by atoms with E-state index in [2.05, 4.69) is 29.5 Å². The molecule has 1 unspecified atom stereocenters. The number of nitrogens with zero attached hydrogens (tertiary/aromatic N) is 2. The molecule has 0 spiro atoms. The lowest BCUT2D eigenvalue weighted by Gasteiger charge is -2.35. The van der Waals surface area contributed by atoms with Crippen molar-refractivity contribution in [2.75, 3.05) is 33.8 Å². The fourth-order valence-electron chi connectivity index (χ4n) is 3.73. The predicted molar refractivity (Wildman–Crippen MR) is 114 cm³/mol. The summed E-state index contributed by atoms with van der Waals surface area (Å²) in [4.78, 5) is 18.8. The number of aliphatic imine (C=N–C) groups is 1. The molecule has 162 valence electrons. The molecule has 1 atom stereocenters. The molecule has 0 aromatic heterocycles. The summed E-state index contributed by atoms with van der Waals surface area (Å²) in [6.45, 7) is 6.23. The Morgan fingerprint density at radius 2 is 1.86 bits per heavy atom. The van der Waals surface area contributed by atoms with Crippen LogP contribution in [-0.2, 0) is 9.53 Å². The zero-order valence-corrected chi connectivity index (χ0v) is 18.1. The maximum absolute atomic E-state index is 13.1. The zero-order chi connectivity index (χ0) is 21.2. The number of hydrogen-bond acceptors (Lipinski definition) is 3. The smallest absolute Gasteiger partial charge is 0.225 e. The van der Waals surface area contributed by atoms with Crippen LogP contribution in [0.15, 0.2) is 29.3 Å². The normalized spacial score (nSPS) is 16.8. The lowest BCUT2D eigenvalue weighted by molar-refractivity contribution is -0.136. The van der Waals surface area contributed by atoms with Gasteiger partial charge in [0.05, 0.1) is 6.10 Å². The van der Waals surface area contributed by atoms with Gasteiger partial charge in [-0.3, -0.25) is 9.79 Å². The van der Waals surface area contributed by atoms with Gasteiger partial charge in [0.1, 0.15) is 5.82 Å². The molecule has 1 fully saturated rings. The van der Waals surface area contributed by atoms with Gasteiger partial charge in [-0.25, -0.2) is 4.39 Å². The number of halogens is 1. The van der Waals surface area contributed by atoms with Gasteiger partial charge >= 0.3 is 0 Å². The number of methoxy groups -OCH3 is 1. The molecule has 1 amide bonds. The second-order valence-electron chi connectivity index (χ2n) is 7.49.